The molecule has 0 saturated heterocycles. The van der Waals surface area contributed by atoms with Gasteiger partial charge in [0.05, 0.1) is 17.2 Å². The van der Waals surface area contributed by atoms with Crippen molar-refractivity contribution in [2.75, 3.05) is 6.61 Å². The molecular weight excluding hydrogens is 352 g/mol. The highest BCUT2D eigenvalue weighted by molar-refractivity contribution is 6.30. The number of pyridine rings is 2. The van der Waals surface area contributed by atoms with Crippen LogP contribution < -0.4 is 10.3 Å². The Kier molecular flexibility index (Phi) is 5.63. The van der Waals surface area contributed by atoms with Crippen LogP contribution in [0.15, 0.2) is 47.7 Å². The molecule has 0 unspecified atom stereocenters. The fourth-order valence-electron chi connectivity index (χ4n) is 2.45. The zero-order valence-corrected chi connectivity index (χ0v) is 15.4. The lowest BCUT2D eigenvalue weighted by Crippen LogP contribution is -2.14. The van der Waals surface area contributed by atoms with Crippen molar-refractivity contribution in [3.8, 4) is 17.0 Å². The molecule has 26 heavy (non-hydrogen) atoms. The van der Waals surface area contributed by atoms with E-state index in [1.807, 2.05) is 18.2 Å². The summed E-state index contributed by atoms with van der Waals surface area (Å²) in [5.74, 6) is 1.10. The molecule has 0 saturated carbocycles. The lowest BCUT2D eigenvalue weighted by molar-refractivity contribution is 0.299. The first-order valence-corrected chi connectivity index (χ1v) is 8.64. The van der Waals surface area contributed by atoms with E-state index in [1.165, 1.54) is 4.57 Å². The molecular formula is C19H19ClN4O2. The fourth-order valence-corrected chi connectivity index (χ4v) is 2.56. The van der Waals surface area contributed by atoms with Gasteiger partial charge in [-0.15, -0.1) is 0 Å². The van der Waals surface area contributed by atoms with E-state index in [-0.39, 0.29) is 5.56 Å². The summed E-state index contributed by atoms with van der Waals surface area (Å²) in [5, 5.41) is 0.625. The largest absolute Gasteiger partial charge is 0.477 e. The molecule has 0 aliphatic carbocycles. The molecule has 134 valence electrons. The van der Waals surface area contributed by atoms with Crippen LogP contribution in [0.2, 0.25) is 5.02 Å². The second-order valence-corrected chi connectivity index (χ2v) is 6.36. The predicted octanol–water partition coefficient (Wildman–Crippen LogP) is 3.21. The highest BCUT2D eigenvalue weighted by Crippen LogP contribution is 2.26. The number of aromatic nitrogens is 4. The SMILES string of the molecule is Cc1ncc(-c2ccn(C)c(=O)c2)c(OCCCc2ccc(Cl)cn2)n1. The molecule has 0 fully saturated rings. The Bertz CT molecular complexity index is 954. The van der Waals surface area contributed by atoms with Crippen LogP contribution in [-0.2, 0) is 13.5 Å². The van der Waals surface area contributed by atoms with Crippen molar-refractivity contribution in [3.05, 3.63) is 69.8 Å². The zero-order chi connectivity index (χ0) is 18.5. The molecule has 3 rings (SSSR count). The first-order chi connectivity index (χ1) is 12.5. The van der Waals surface area contributed by atoms with E-state index < -0.39 is 0 Å². The summed E-state index contributed by atoms with van der Waals surface area (Å²) in [4.78, 5) is 24.8. The molecule has 7 heteroatoms. The number of rotatable bonds is 6. The van der Waals surface area contributed by atoms with E-state index in [0.717, 1.165) is 24.1 Å². The van der Waals surface area contributed by atoms with Crippen molar-refractivity contribution in [1.29, 1.82) is 0 Å². The van der Waals surface area contributed by atoms with Gasteiger partial charge in [-0.25, -0.2) is 4.98 Å². The molecule has 0 aliphatic rings. The van der Waals surface area contributed by atoms with Gasteiger partial charge in [-0.05, 0) is 43.5 Å². The topological polar surface area (TPSA) is 69.9 Å². The van der Waals surface area contributed by atoms with Gasteiger partial charge in [0.15, 0.2) is 0 Å². The van der Waals surface area contributed by atoms with Crippen LogP contribution in [0.5, 0.6) is 5.88 Å². The van der Waals surface area contributed by atoms with Gasteiger partial charge in [-0.2, -0.15) is 4.98 Å². The summed E-state index contributed by atoms with van der Waals surface area (Å²) < 4.78 is 7.39. The van der Waals surface area contributed by atoms with E-state index in [2.05, 4.69) is 15.0 Å². The zero-order valence-electron chi connectivity index (χ0n) is 14.6. The molecule has 0 radical (unpaired) electrons. The molecule has 0 aliphatic heterocycles. The Hall–Kier alpha value is -2.73. The van der Waals surface area contributed by atoms with Gasteiger partial charge in [0.25, 0.3) is 5.56 Å². The van der Waals surface area contributed by atoms with Gasteiger partial charge in [0.2, 0.25) is 5.88 Å². The predicted molar refractivity (Wildman–Crippen MR) is 101 cm³/mol. The third-order valence-corrected chi connectivity index (χ3v) is 4.12. The molecule has 0 spiro atoms. The van der Waals surface area contributed by atoms with Gasteiger partial charge in [-0.3, -0.25) is 9.78 Å². The average molecular weight is 371 g/mol. The fraction of sp³-hybridized carbons (Fsp3) is 0.263. The van der Waals surface area contributed by atoms with Crippen molar-refractivity contribution >= 4 is 11.6 Å². The van der Waals surface area contributed by atoms with E-state index in [1.54, 1.807) is 38.6 Å². The van der Waals surface area contributed by atoms with E-state index >= 15 is 0 Å². The number of halogens is 1. The highest BCUT2D eigenvalue weighted by Gasteiger charge is 2.11. The minimum Gasteiger partial charge on any atom is -0.477 e. The van der Waals surface area contributed by atoms with Crippen LogP contribution in [0.4, 0.5) is 0 Å². The van der Waals surface area contributed by atoms with Crippen LogP contribution in [0.3, 0.4) is 0 Å². The second-order valence-electron chi connectivity index (χ2n) is 5.92. The number of aryl methyl sites for hydroxylation is 3. The van der Waals surface area contributed by atoms with Gasteiger partial charge < -0.3 is 9.30 Å². The van der Waals surface area contributed by atoms with Crippen molar-refractivity contribution in [2.24, 2.45) is 7.05 Å². The van der Waals surface area contributed by atoms with Crippen molar-refractivity contribution in [1.82, 2.24) is 19.5 Å². The van der Waals surface area contributed by atoms with E-state index in [0.29, 0.717) is 28.9 Å². The smallest absolute Gasteiger partial charge is 0.250 e. The molecule has 6 nitrogen and oxygen atoms in total. The molecule has 3 heterocycles. The second kappa shape index (κ2) is 8.10. The Labute approximate surface area is 156 Å². The maximum absolute atomic E-state index is 11.9. The van der Waals surface area contributed by atoms with E-state index in [4.69, 9.17) is 16.3 Å². The van der Waals surface area contributed by atoms with Crippen molar-refractivity contribution < 1.29 is 4.74 Å². The first-order valence-electron chi connectivity index (χ1n) is 8.27. The van der Waals surface area contributed by atoms with Crippen LogP contribution in [0.25, 0.3) is 11.1 Å². The summed E-state index contributed by atoms with van der Waals surface area (Å²) in [6.07, 6.45) is 6.61. The lowest BCUT2D eigenvalue weighted by Gasteiger charge is -2.11. The number of hydrogen-bond donors (Lipinski definition) is 0. The maximum atomic E-state index is 11.9. The minimum absolute atomic E-state index is 0.0946. The Morgan fingerprint density at radius 3 is 2.77 bits per heavy atom. The maximum Gasteiger partial charge on any atom is 0.250 e. The monoisotopic (exact) mass is 370 g/mol. The molecule has 0 aromatic carbocycles. The summed E-state index contributed by atoms with van der Waals surface area (Å²) >= 11 is 5.84. The normalized spacial score (nSPS) is 10.7. The molecule has 3 aromatic rings. The average Bonchev–Trinajstić information content (AvgIpc) is 2.63. The van der Waals surface area contributed by atoms with Crippen LogP contribution >= 0.6 is 11.6 Å². The quantitative estimate of drug-likeness (QED) is 0.623. The minimum atomic E-state index is -0.0946. The molecule has 3 aromatic heterocycles. The van der Waals surface area contributed by atoms with Gasteiger partial charge >= 0.3 is 0 Å². The lowest BCUT2D eigenvalue weighted by atomic mass is 10.1. The Morgan fingerprint density at radius 1 is 1.19 bits per heavy atom. The van der Waals surface area contributed by atoms with Crippen LogP contribution in [0.1, 0.15) is 17.9 Å². The summed E-state index contributed by atoms with van der Waals surface area (Å²) in [7, 11) is 1.71. The van der Waals surface area contributed by atoms with E-state index in [9.17, 15) is 4.79 Å². The Balaban J connectivity index is 1.70. The van der Waals surface area contributed by atoms with Gasteiger partial charge in [-0.1, -0.05) is 11.6 Å². The third-order valence-electron chi connectivity index (χ3n) is 3.89. The van der Waals surface area contributed by atoms with Crippen molar-refractivity contribution in [2.45, 2.75) is 19.8 Å². The van der Waals surface area contributed by atoms with Gasteiger partial charge in [0.1, 0.15) is 5.82 Å². The molecule has 0 N–H and O–H groups in total. The molecule has 0 bridgehead atoms. The van der Waals surface area contributed by atoms with Crippen LogP contribution in [0, 0.1) is 6.92 Å². The summed E-state index contributed by atoms with van der Waals surface area (Å²) in [6.45, 7) is 2.29. The Morgan fingerprint density at radius 2 is 2.04 bits per heavy atom. The number of ether oxygens (including phenoxy) is 1. The number of nitrogens with zero attached hydrogens (tertiary/aromatic N) is 4. The van der Waals surface area contributed by atoms with Crippen molar-refractivity contribution in [3.63, 3.8) is 0 Å². The third kappa shape index (κ3) is 4.46. The standard InChI is InChI=1S/C19H19ClN4O2/c1-13-21-12-17(14-7-8-24(2)18(25)10-14)19(23-13)26-9-3-4-16-6-5-15(20)11-22-16/h5-8,10-12H,3-4,9H2,1-2H3. The highest BCUT2D eigenvalue weighted by atomic mass is 35.5. The molecule has 0 atom stereocenters. The van der Waals surface area contributed by atoms with Crippen LogP contribution in [-0.4, -0.2) is 26.1 Å². The summed E-state index contributed by atoms with van der Waals surface area (Å²) in [6, 6.07) is 7.13. The van der Waals surface area contributed by atoms with Gasteiger partial charge in [0, 0.05) is 37.4 Å². The molecule has 0 amide bonds. The first kappa shape index (κ1) is 18.1. The summed E-state index contributed by atoms with van der Waals surface area (Å²) in [5.41, 5.74) is 2.31. The number of hydrogen-bond acceptors (Lipinski definition) is 5.